The smallest absolute Gasteiger partial charge is 0.422 e. The molecule has 0 radical (unpaired) electrons. The quantitative estimate of drug-likeness (QED) is 0.694. The Balaban J connectivity index is 2.05. The second-order valence-corrected chi connectivity index (χ2v) is 4.22. The SMILES string of the molecule is Fc1c(-c2cccnc2OCC(F)(F)F)ncc2nncn12. The Morgan fingerprint density at radius 3 is 2.82 bits per heavy atom. The van der Waals surface area contributed by atoms with Gasteiger partial charge in [0.2, 0.25) is 11.8 Å². The fraction of sp³-hybridized carbons (Fsp3) is 0.167. The van der Waals surface area contributed by atoms with E-state index in [4.69, 9.17) is 0 Å². The van der Waals surface area contributed by atoms with Crippen LogP contribution in [0.5, 0.6) is 5.88 Å². The van der Waals surface area contributed by atoms with Crippen LogP contribution in [-0.2, 0) is 0 Å². The number of aromatic nitrogens is 5. The van der Waals surface area contributed by atoms with Crippen molar-refractivity contribution in [1.82, 2.24) is 24.6 Å². The average Bonchev–Trinajstić information content (AvgIpc) is 2.95. The molecule has 3 heterocycles. The van der Waals surface area contributed by atoms with Crippen molar-refractivity contribution in [1.29, 1.82) is 0 Å². The minimum Gasteiger partial charge on any atom is -0.468 e. The van der Waals surface area contributed by atoms with Crippen LogP contribution in [0.4, 0.5) is 17.6 Å². The molecule has 10 heteroatoms. The summed E-state index contributed by atoms with van der Waals surface area (Å²) in [6.07, 6.45) is -0.919. The molecule has 0 N–H and O–H groups in total. The summed E-state index contributed by atoms with van der Waals surface area (Å²) in [4.78, 5) is 7.55. The number of nitrogens with zero attached hydrogens (tertiary/aromatic N) is 5. The van der Waals surface area contributed by atoms with Gasteiger partial charge in [-0.15, -0.1) is 10.2 Å². The fourth-order valence-corrected chi connectivity index (χ4v) is 1.79. The maximum absolute atomic E-state index is 14.4. The van der Waals surface area contributed by atoms with Gasteiger partial charge in [0.05, 0.1) is 11.8 Å². The van der Waals surface area contributed by atoms with Crippen molar-refractivity contribution in [2.24, 2.45) is 0 Å². The van der Waals surface area contributed by atoms with Crippen LogP contribution in [0.2, 0.25) is 0 Å². The summed E-state index contributed by atoms with van der Waals surface area (Å²) in [5.41, 5.74) is -0.0414. The maximum Gasteiger partial charge on any atom is 0.422 e. The lowest BCUT2D eigenvalue weighted by Gasteiger charge is -2.12. The van der Waals surface area contributed by atoms with Gasteiger partial charge < -0.3 is 4.74 Å². The molecule has 0 aliphatic heterocycles. The summed E-state index contributed by atoms with van der Waals surface area (Å²) in [6.45, 7) is -1.53. The van der Waals surface area contributed by atoms with Gasteiger partial charge in [0.25, 0.3) is 0 Å². The zero-order chi connectivity index (χ0) is 15.7. The summed E-state index contributed by atoms with van der Waals surface area (Å²) in [5.74, 6) is -1.19. The van der Waals surface area contributed by atoms with Gasteiger partial charge in [-0.1, -0.05) is 0 Å². The second kappa shape index (κ2) is 5.20. The molecular weight excluding hydrogens is 306 g/mol. The van der Waals surface area contributed by atoms with Gasteiger partial charge in [0.15, 0.2) is 12.3 Å². The highest BCUT2D eigenvalue weighted by atomic mass is 19.4. The normalized spacial score (nSPS) is 11.8. The molecule has 3 rings (SSSR count). The van der Waals surface area contributed by atoms with E-state index in [-0.39, 0.29) is 22.8 Å². The molecule has 0 atom stereocenters. The van der Waals surface area contributed by atoms with Crippen molar-refractivity contribution in [3.05, 3.63) is 36.8 Å². The van der Waals surface area contributed by atoms with Gasteiger partial charge in [0, 0.05) is 6.20 Å². The van der Waals surface area contributed by atoms with E-state index >= 15 is 0 Å². The minimum atomic E-state index is -4.53. The highest BCUT2D eigenvalue weighted by molar-refractivity contribution is 5.65. The van der Waals surface area contributed by atoms with Crippen LogP contribution in [-0.4, -0.2) is 37.3 Å². The van der Waals surface area contributed by atoms with Crippen molar-refractivity contribution in [3.8, 4) is 17.1 Å². The first-order valence-electron chi connectivity index (χ1n) is 5.95. The predicted molar refractivity (Wildman–Crippen MR) is 65.5 cm³/mol. The predicted octanol–water partition coefficient (Wildman–Crippen LogP) is 2.27. The molecule has 0 aliphatic carbocycles. The van der Waals surface area contributed by atoms with Crippen LogP contribution in [0.3, 0.4) is 0 Å². The number of ether oxygens (including phenoxy) is 1. The van der Waals surface area contributed by atoms with Crippen molar-refractivity contribution < 1.29 is 22.3 Å². The van der Waals surface area contributed by atoms with Crippen molar-refractivity contribution >= 4 is 5.65 Å². The Bertz CT molecular complexity index is 817. The van der Waals surface area contributed by atoms with E-state index in [0.717, 1.165) is 10.7 Å². The summed E-state index contributed by atoms with van der Waals surface area (Å²) in [6, 6.07) is 2.80. The molecule has 0 amide bonds. The lowest BCUT2D eigenvalue weighted by molar-refractivity contribution is -0.154. The highest BCUT2D eigenvalue weighted by Gasteiger charge is 2.29. The fourth-order valence-electron chi connectivity index (χ4n) is 1.79. The second-order valence-electron chi connectivity index (χ2n) is 4.22. The summed E-state index contributed by atoms with van der Waals surface area (Å²) in [7, 11) is 0. The summed E-state index contributed by atoms with van der Waals surface area (Å²) in [5, 5.41) is 7.15. The first-order chi connectivity index (χ1) is 10.5. The Hall–Kier alpha value is -2.78. The van der Waals surface area contributed by atoms with E-state index in [1.165, 1.54) is 24.5 Å². The number of fused-ring (bicyclic) bond motifs is 1. The summed E-state index contributed by atoms with van der Waals surface area (Å²) >= 11 is 0. The van der Waals surface area contributed by atoms with E-state index < -0.39 is 18.7 Å². The third kappa shape index (κ3) is 2.67. The Kier molecular flexibility index (Phi) is 3.35. The number of halogens is 4. The van der Waals surface area contributed by atoms with E-state index in [0.29, 0.717) is 0 Å². The average molecular weight is 313 g/mol. The number of hydrogen-bond donors (Lipinski definition) is 0. The summed E-state index contributed by atoms with van der Waals surface area (Å²) < 4.78 is 56.8. The molecule has 0 saturated heterocycles. The molecule has 0 fully saturated rings. The van der Waals surface area contributed by atoms with Gasteiger partial charge in [0.1, 0.15) is 12.0 Å². The van der Waals surface area contributed by atoms with Gasteiger partial charge in [-0.25, -0.2) is 9.97 Å². The molecule has 0 aromatic carbocycles. The number of pyridine rings is 1. The Morgan fingerprint density at radius 2 is 2.05 bits per heavy atom. The molecule has 0 saturated carbocycles. The Morgan fingerprint density at radius 1 is 1.23 bits per heavy atom. The minimum absolute atomic E-state index is 0.000139. The number of rotatable bonds is 3. The first-order valence-corrected chi connectivity index (χ1v) is 5.95. The lowest BCUT2D eigenvalue weighted by atomic mass is 10.2. The zero-order valence-corrected chi connectivity index (χ0v) is 10.8. The number of alkyl halides is 3. The van der Waals surface area contributed by atoms with Crippen LogP contribution in [0.1, 0.15) is 0 Å². The highest BCUT2D eigenvalue weighted by Crippen LogP contribution is 2.29. The van der Waals surface area contributed by atoms with E-state index in [2.05, 4.69) is 24.9 Å². The third-order valence-electron chi connectivity index (χ3n) is 2.69. The molecule has 0 aliphatic rings. The van der Waals surface area contributed by atoms with Crippen LogP contribution >= 0.6 is 0 Å². The van der Waals surface area contributed by atoms with Crippen LogP contribution < -0.4 is 4.74 Å². The monoisotopic (exact) mass is 313 g/mol. The molecule has 0 spiro atoms. The molecule has 114 valence electrons. The standard InChI is InChI=1S/C12H7F4N5O/c13-10-9(18-4-8-20-19-6-21(8)10)7-2-1-3-17-11(7)22-5-12(14,15)16/h1-4,6H,5H2. The lowest BCUT2D eigenvalue weighted by Crippen LogP contribution is -2.20. The van der Waals surface area contributed by atoms with Crippen LogP contribution in [0, 0.1) is 5.95 Å². The van der Waals surface area contributed by atoms with Gasteiger partial charge in [-0.2, -0.15) is 17.6 Å². The van der Waals surface area contributed by atoms with Crippen molar-refractivity contribution in [2.45, 2.75) is 6.18 Å². The molecule has 22 heavy (non-hydrogen) atoms. The van der Waals surface area contributed by atoms with Crippen LogP contribution in [0.15, 0.2) is 30.9 Å². The molecule has 0 unspecified atom stereocenters. The first kappa shape index (κ1) is 14.2. The van der Waals surface area contributed by atoms with Crippen LogP contribution in [0.25, 0.3) is 16.9 Å². The van der Waals surface area contributed by atoms with E-state index in [9.17, 15) is 17.6 Å². The maximum atomic E-state index is 14.4. The van der Waals surface area contributed by atoms with E-state index in [1.54, 1.807) is 0 Å². The molecule has 3 aromatic heterocycles. The third-order valence-corrected chi connectivity index (χ3v) is 2.69. The molecule has 0 bridgehead atoms. The molecular formula is C12H7F4N5O. The van der Waals surface area contributed by atoms with E-state index in [1.807, 2.05) is 0 Å². The molecule has 3 aromatic rings. The van der Waals surface area contributed by atoms with Crippen molar-refractivity contribution in [3.63, 3.8) is 0 Å². The van der Waals surface area contributed by atoms with Gasteiger partial charge in [-0.3, -0.25) is 4.40 Å². The van der Waals surface area contributed by atoms with Gasteiger partial charge >= 0.3 is 6.18 Å². The largest absolute Gasteiger partial charge is 0.468 e. The number of hydrogen-bond acceptors (Lipinski definition) is 5. The van der Waals surface area contributed by atoms with Crippen molar-refractivity contribution in [2.75, 3.05) is 6.61 Å². The zero-order valence-electron chi connectivity index (χ0n) is 10.8. The molecule has 6 nitrogen and oxygen atoms in total. The topological polar surface area (TPSA) is 65.2 Å². The van der Waals surface area contributed by atoms with Gasteiger partial charge in [-0.05, 0) is 12.1 Å². The Labute approximate surface area is 120 Å².